The lowest BCUT2D eigenvalue weighted by atomic mass is 10.1. The zero-order valence-electron chi connectivity index (χ0n) is 14.3. The Balaban J connectivity index is 1.87. The Labute approximate surface area is 141 Å². The molecule has 1 aromatic heterocycles. The van der Waals surface area contributed by atoms with E-state index in [-0.39, 0.29) is 0 Å². The van der Waals surface area contributed by atoms with E-state index in [0.29, 0.717) is 19.3 Å². The highest BCUT2D eigenvalue weighted by Gasteiger charge is 2.23. The van der Waals surface area contributed by atoms with Crippen LogP contribution in [-0.4, -0.2) is 33.8 Å². The monoisotopic (exact) mass is 332 g/mol. The van der Waals surface area contributed by atoms with E-state index < -0.39 is 23.7 Å². The van der Waals surface area contributed by atoms with Crippen molar-refractivity contribution in [1.82, 2.24) is 10.3 Å². The van der Waals surface area contributed by atoms with Crippen LogP contribution in [0.4, 0.5) is 4.79 Å². The molecule has 1 unspecified atom stereocenters. The van der Waals surface area contributed by atoms with E-state index in [2.05, 4.69) is 16.4 Å². The van der Waals surface area contributed by atoms with Crippen LogP contribution in [0.2, 0.25) is 0 Å². The Morgan fingerprint density at radius 2 is 2.00 bits per heavy atom. The lowest BCUT2D eigenvalue weighted by Crippen LogP contribution is -2.43. The minimum Gasteiger partial charge on any atom is -0.480 e. The fourth-order valence-corrected chi connectivity index (χ4v) is 2.47. The van der Waals surface area contributed by atoms with Gasteiger partial charge in [0.1, 0.15) is 11.6 Å². The highest BCUT2D eigenvalue weighted by molar-refractivity contribution is 5.80. The first-order chi connectivity index (χ1) is 11.2. The maximum absolute atomic E-state index is 11.7. The molecular formula is C18H24N2O4. The molecule has 0 saturated carbocycles. The molecule has 1 amide bonds. The highest BCUT2D eigenvalue weighted by Crippen LogP contribution is 2.16. The van der Waals surface area contributed by atoms with Crippen molar-refractivity contribution < 1.29 is 19.4 Å². The fraction of sp³-hybridized carbons (Fsp3) is 0.444. The summed E-state index contributed by atoms with van der Waals surface area (Å²) in [6, 6.07) is 9.08. The lowest BCUT2D eigenvalue weighted by molar-refractivity contribution is -0.139. The van der Waals surface area contributed by atoms with Gasteiger partial charge in [0.25, 0.3) is 0 Å². The van der Waals surface area contributed by atoms with Crippen molar-refractivity contribution in [3.63, 3.8) is 0 Å². The molecule has 0 radical (unpaired) electrons. The third kappa shape index (κ3) is 5.30. The standard InChI is InChI=1S/C18H24N2O4/c1-18(2,3)24-17(23)20-15(16(21)22)10-6-8-13-11-12-7-4-5-9-14(12)19-13/h4-5,7,9,11,15,19H,6,8,10H2,1-3H3,(H,20,23)(H,21,22). The number of carboxylic acid groups (broad SMARTS) is 1. The number of hydrogen-bond acceptors (Lipinski definition) is 3. The average molecular weight is 332 g/mol. The van der Waals surface area contributed by atoms with E-state index in [9.17, 15) is 14.7 Å². The lowest BCUT2D eigenvalue weighted by Gasteiger charge is -2.22. The predicted octanol–water partition coefficient (Wildman–Crippen LogP) is 3.47. The van der Waals surface area contributed by atoms with Gasteiger partial charge >= 0.3 is 12.1 Å². The third-order valence-electron chi connectivity index (χ3n) is 3.51. The van der Waals surface area contributed by atoms with Gasteiger partial charge in [0.15, 0.2) is 0 Å². The first-order valence-electron chi connectivity index (χ1n) is 8.03. The van der Waals surface area contributed by atoms with Gasteiger partial charge in [0.05, 0.1) is 0 Å². The number of aryl methyl sites for hydroxylation is 1. The summed E-state index contributed by atoms with van der Waals surface area (Å²) in [6.45, 7) is 5.20. The second-order valence-corrected chi connectivity index (χ2v) is 6.81. The van der Waals surface area contributed by atoms with Gasteiger partial charge in [-0.2, -0.15) is 0 Å². The molecule has 1 heterocycles. The van der Waals surface area contributed by atoms with Crippen molar-refractivity contribution in [1.29, 1.82) is 0 Å². The number of alkyl carbamates (subject to hydrolysis) is 1. The van der Waals surface area contributed by atoms with Gasteiger partial charge in [-0.3, -0.25) is 0 Å². The number of fused-ring (bicyclic) bond motifs is 1. The van der Waals surface area contributed by atoms with E-state index in [4.69, 9.17) is 4.74 Å². The van der Waals surface area contributed by atoms with Crippen LogP contribution in [-0.2, 0) is 16.0 Å². The number of nitrogens with one attached hydrogen (secondary N) is 2. The zero-order chi connectivity index (χ0) is 17.7. The molecule has 130 valence electrons. The normalized spacial score (nSPS) is 12.8. The molecule has 0 spiro atoms. The van der Waals surface area contributed by atoms with Crippen molar-refractivity contribution >= 4 is 23.0 Å². The molecule has 0 fully saturated rings. The summed E-state index contributed by atoms with van der Waals surface area (Å²) in [7, 11) is 0. The molecule has 2 aromatic rings. The number of aromatic nitrogens is 1. The second-order valence-electron chi connectivity index (χ2n) is 6.81. The number of aromatic amines is 1. The Hall–Kier alpha value is -2.50. The number of hydrogen-bond donors (Lipinski definition) is 3. The van der Waals surface area contributed by atoms with Crippen molar-refractivity contribution in [3.8, 4) is 0 Å². The number of carbonyl (C=O) groups is 2. The zero-order valence-corrected chi connectivity index (χ0v) is 14.3. The van der Waals surface area contributed by atoms with Crippen LogP contribution in [0.1, 0.15) is 39.3 Å². The molecule has 0 saturated heterocycles. The quantitative estimate of drug-likeness (QED) is 0.755. The Morgan fingerprint density at radius 1 is 1.29 bits per heavy atom. The van der Waals surface area contributed by atoms with Crippen molar-refractivity contribution in [3.05, 3.63) is 36.0 Å². The van der Waals surface area contributed by atoms with E-state index >= 15 is 0 Å². The molecule has 2 rings (SSSR count). The smallest absolute Gasteiger partial charge is 0.408 e. The summed E-state index contributed by atoms with van der Waals surface area (Å²) in [6.07, 6.45) is 0.985. The van der Waals surface area contributed by atoms with Gasteiger partial charge in [-0.05, 0) is 57.6 Å². The molecule has 24 heavy (non-hydrogen) atoms. The number of amides is 1. The predicted molar refractivity (Wildman–Crippen MR) is 92.0 cm³/mol. The molecular weight excluding hydrogens is 308 g/mol. The van der Waals surface area contributed by atoms with Crippen LogP contribution in [0.3, 0.4) is 0 Å². The SMILES string of the molecule is CC(C)(C)OC(=O)NC(CCCc1cc2ccccc2[nH]1)C(=O)O. The maximum atomic E-state index is 11.7. The van der Waals surface area contributed by atoms with Crippen LogP contribution < -0.4 is 5.32 Å². The summed E-state index contributed by atoms with van der Waals surface area (Å²) in [5.41, 5.74) is 1.46. The number of rotatable bonds is 6. The average Bonchev–Trinajstić information content (AvgIpc) is 2.86. The summed E-state index contributed by atoms with van der Waals surface area (Å²) >= 11 is 0. The van der Waals surface area contributed by atoms with Gasteiger partial charge in [0.2, 0.25) is 0 Å². The number of ether oxygens (including phenoxy) is 1. The molecule has 1 aromatic carbocycles. The molecule has 0 bridgehead atoms. The largest absolute Gasteiger partial charge is 0.480 e. The number of aliphatic carboxylic acids is 1. The van der Waals surface area contributed by atoms with Crippen molar-refractivity contribution in [2.75, 3.05) is 0 Å². The molecule has 6 nitrogen and oxygen atoms in total. The topological polar surface area (TPSA) is 91.4 Å². The first kappa shape index (κ1) is 17.8. The van der Waals surface area contributed by atoms with Crippen LogP contribution >= 0.6 is 0 Å². The minimum absolute atomic E-state index is 0.337. The van der Waals surface area contributed by atoms with Crippen LogP contribution in [0, 0.1) is 0 Å². The number of carbonyl (C=O) groups excluding carboxylic acids is 1. The number of para-hydroxylation sites is 1. The Morgan fingerprint density at radius 3 is 2.62 bits per heavy atom. The van der Waals surface area contributed by atoms with Gasteiger partial charge < -0.3 is 20.1 Å². The Bertz CT molecular complexity index is 682. The van der Waals surface area contributed by atoms with E-state index in [1.807, 2.05) is 24.3 Å². The van der Waals surface area contributed by atoms with E-state index in [1.54, 1.807) is 20.8 Å². The van der Waals surface area contributed by atoms with Gasteiger partial charge in [-0.25, -0.2) is 9.59 Å². The fourth-order valence-electron chi connectivity index (χ4n) is 2.47. The van der Waals surface area contributed by atoms with Crippen LogP contribution in [0.5, 0.6) is 0 Å². The Kier molecular flexibility index (Phi) is 5.49. The summed E-state index contributed by atoms with van der Waals surface area (Å²) in [5.74, 6) is -1.06. The van der Waals surface area contributed by atoms with Crippen LogP contribution in [0.25, 0.3) is 10.9 Å². The first-order valence-corrected chi connectivity index (χ1v) is 8.03. The second kappa shape index (κ2) is 7.38. The summed E-state index contributed by atoms with van der Waals surface area (Å²) in [4.78, 5) is 26.3. The molecule has 0 aliphatic carbocycles. The minimum atomic E-state index is -1.06. The van der Waals surface area contributed by atoms with Gasteiger partial charge in [0, 0.05) is 11.2 Å². The highest BCUT2D eigenvalue weighted by atomic mass is 16.6. The van der Waals surface area contributed by atoms with Gasteiger partial charge in [-0.15, -0.1) is 0 Å². The van der Waals surface area contributed by atoms with Gasteiger partial charge in [-0.1, -0.05) is 18.2 Å². The summed E-state index contributed by atoms with van der Waals surface area (Å²) < 4.78 is 5.10. The number of H-pyrrole nitrogens is 1. The summed E-state index contributed by atoms with van der Waals surface area (Å²) in [5, 5.41) is 12.8. The van der Waals surface area contributed by atoms with Crippen molar-refractivity contribution in [2.45, 2.75) is 51.7 Å². The maximum Gasteiger partial charge on any atom is 0.408 e. The van der Waals surface area contributed by atoms with E-state index in [1.165, 1.54) is 0 Å². The van der Waals surface area contributed by atoms with Crippen molar-refractivity contribution in [2.24, 2.45) is 0 Å². The molecule has 0 aliphatic rings. The third-order valence-corrected chi connectivity index (χ3v) is 3.51. The van der Waals surface area contributed by atoms with Crippen LogP contribution in [0.15, 0.2) is 30.3 Å². The van der Waals surface area contributed by atoms with E-state index in [0.717, 1.165) is 16.6 Å². The number of carboxylic acids is 1. The molecule has 3 N–H and O–H groups in total. The molecule has 0 aliphatic heterocycles. The number of benzene rings is 1. The molecule has 6 heteroatoms. The molecule has 1 atom stereocenters.